The molecule has 3 rings (SSSR count). The maximum Gasteiger partial charge on any atom is 0.415 e. The summed E-state index contributed by atoms with van der Waals surface area (Å²) >= 11 is 11.9. The van der Waals surface area contributed by atoms with Crippen LogP contribution in [0.1, 0.15) is 36.7 Å². The Labute approximate surface area is 181 Å². The van der Waals surface area contributed by atoms with Crippen LogP contribution in [0.4, 0.5) is 27.5 Å². The second-order valence-electron chi connectivity index (χ2n) is 7.07. The largest absolute Gasteiger partial charge is 0.438 e. The van der Waals surface area contributed by atoms with E-state index in [4.69, 9.17) is 33.7 Å². The lowest BCUT2D eigenvalue weighted by Gasteiger charge is -2.38. The molecule has 0 spiro atoms. The highest BCUT2D eigenvalue weighted by atomic mass is 35.5. The van der Waals surface area contributed by atoms with Crippen LogP contribution in [0.5, 0.6) is 0 Å². The number of hydrogen-bond acceptors (Lipinski definition) is 6. The van der Waals surface area contributed by atoms with Gasteiger partial charge in [-0.05, 0) is 39.0 Å². The minimum absolute atomic E-state index is 0.0603. The molecule has 1 aliphatic rings. The van der Waals surface area contributed by atoms with Gasteiger partial charge in [0.15, 0.2) is 0 Å². The second kappa shape index (κ2) is 7.66. The van der Waals surface area contributed by atoms with Crippen molar-refractivity contribution in [2.24, 2.45) is 0 Å². The SMILES string of the molecule is CCN1C(=O)OC(C)(C)c2cc(NC(=O)c3cc(Cl)c(N)c(Cl)c3)c([N+](=O)[O-])cc21. The number of nitrogens with zero attached hydrogens (tertiary/aromatic N) is 2. The summed E-state index contributed by atoms with van der Waals surface area (Å²) in [6.07, 6.45) is -0.604. The van der Waals surface area contributed by atoms with Crippen molar-refractivity contribution >= 4 is 58.0 Å². The maximum absolute atomic E-state index is 12.7. The number of nitro benzene ring substituents is 1. The van der Waals surface area contributed by atoms with Gasteiger partial charge < -0.3 is 15.8 Å². The third-order valence-electron chi connectivity index (χ3n) is 4.72. The molecule has 0 bridgehead atoms. The van der Waals surface area contributed by atoms with E-state index < -0.39 is 22.5 Å². The van der Waals surface area contributed by atoms with Gasteiger partial charge in [0.1, 0.15) is 11.3 Å². The van der Waals surface area contributed by atoms with Gasteiger partial charge in [-0.3, -0.25) is 19.8 Å². The third-order valence-corrected chi connectivity index (χ3v) is 5.34. The van der Waals surface area contributed by atoms with Crippen LogP contribution in [0.3, 0.4) is 0 Å². The number of amides is 2. The van der Waals surface area contributed by atoms with E-state index in [1.807, 2.05) is 0 Å². The fourth-order valence-corrected chi connectivity index (χ4v) is 3.66. The predicted molar refractivity (Wildman–Crippen MR) is 114 cm³/mol. The molecule has 0 aromatic heterocycles. The number of nitrogens with two attached hydrogens (primary N) is 1. The molecular weight excluding hydrogens is 435 g/mol. The summed E-state index contributed by atoms with van der Waals surface area (Å²) in [5, 5.41) is 14.4. The summed E-state index contributed by atoms with van der Waals surface area (Å²) in [7, 11) is 0. The average molecular weight is 453 g/mol. The lowest BCUT2D eigenvalue weighted by Crippen LogP contribution is -2.43. The highest BCUT2D eigenvalue weighted by Gasteiger charge is 2.40. The van der Waals surface area contributed by atoms with Crippen LogP contribution >= 0.6 is 23.2 Å². The molecule has 1 heterocycles. The molecular formula is C19H18Cl2N4O5. The summed E-state index contributed by atoms with van der Waals surface area (Å²) in [5.74, 6) is -0.667. The molecule has 2 aromatic carbocycles. The number of benzene rings is 2. The Balaban J connectivity index is 2.10. The lowest BCUT2D eigenvalue weighted by atomic mass is 9.92. The molecule has 3 N–H and O–H groups in total. The minimum atomic E-state index is -1.06. The number of carbonyl (C=O) groups excluding carboxylic acids is 2. The normalized spacial score (nSPS) is 14.7. The topological polar surface area (TPSA) is 128 Å². The highest BCUT2D eigenvalue weighted by Crippen LogP contribution is 2.44. The molecule has 2 aromatic rings. The van der Waals surface area contributed by atoms with Crippen molar-refractivity contribution in [1.82, 2.24) is 0 Å². The van der Waals surface area contributed by atoms with Crippen LogP contribution in [0.15, 0.2) is 24.3 Å². The second-order valence-corrected chi connectivity index (χ2v) is 7.89. The van der Waals surface area contributed by atoms with Gasteiger partial charge >= 0.3 is 6.09 Å². The molecule has 1 aliphatic heterocycles. The van der Waals surface area contributed by atoms with Gasteiger partial charge in [0.25, 0.3) is 11.6 Å². The van der Waals surface area contributed by atoms with Crippen LogP contribution in [-0.2, 0) is 10.3 Å². The summed E-state index contributed by atoms with van der Waals surface area (Å²) in [6.45, 7) is 5.30. The number of ether oxygens (including phenoxy) is 1. The number of fused-ring (bicyclic) bond motifs is 1. The van der Waals surface area contributed by atoms with Gasteiger partial charge in [0.2, 0.25) is 0 Å². The van der Waals surface area contributed by atoms with Crippen molar-refractivity contribution in [2.45, 2.75) is 26.4 Å². The van der Waals surface area contributed by atoms with Crippen molar-refractivity contribution in [3.63, 3.8) is 0 Å². The van der Waals surface area contributed by atoms with E-state index in [1.165, 1.54) is 29.2 Å². The van der Waals surface area contributed by atoms with Crippen LogP contribution in [0.25, 0.3) is 0 Å². The Bertz CT molecular complexity index is 1060. The smallest absolute Gasteiger partial charge is 0.415 e. The van der Waals surface area contributed by atoms with Gasteiger partial charge in [-0.15, -0.1) is 0 Å². The number of carbonyl (C=O) groups is 2. The third kappa shape index (κ3) is 3.73. The van der Waals surface area contributed by atoms with E-state index in [9.17, 15) is 19.7 Å². The zero-order valence-electron chi connectivity index (χ0n) is 16.3. The number of nitrogen functional groups attached to an aromatic ring is 1. The van der Waals surface area contributed by atoms with Gasteiger partial charge in [0, 0.05) is 23.7 Å². The van der Waals surface area contributed by atoms with Gasteiger partial charge in [-0.2, -0.15) is 0 Å². The van der Waals surface area contributed by atoms with E-state index in [0.29, 0.717) is 11.3 Å². The molecule has 0 aliphatic carbocycles. The first kappa shape index (κ1) is 21.7. The van der Waals surface area contributed by atoms with Crippen LogP contribution in [-0.4, -0.2) is 23.5 Å². The average Bonchev–Trinajstić information content (AvgIpc) is 2.65. The molecule has 158 valence electrons. The van der Waals surface area contributed by atoms with Crippen LogP contribution in [0.2, 0.25) is 10.0 Å². The van der Waals surface area contributed by atoms with E-state index >= 15 is 0 Å². The molecule has 30 heavy (non-hydrogen) atoms. The Morgan fingerprint density at radius 1 is 1.27 bits per heavy atom. The summed E-state index contributed by atoms with van der Waals surface area (Å²) in [5.41, 5.74) is 5.25. The number of halogens is 2. The number of rotatable bonds is 4. The Morgan fingerprint density at radius 3 is 2.40 bits per heavy atom. The summed E-state index contributed by atoms with van der Waals surface area (Å²) in [4.78, 5) is 37.3. The zero-order chi connectivity index (χ0) is 22.4. The minimum Gasteiger partial charge on any atom is -0.438 e. The lowest BCUT2D eigenvalue weighted by molar-refractivity contribution is -0.383. The molecule has 2 amide bonds. The van der Waals surface area contributed by atoms with Gasteiger partial charge in [0.05, 0.1) is 26.3 Å². The number of anilines is 3. The fraction of sp³-hybridized carbons (Fsp3) is 0.263. The first-order valence-electron chi connectivity index (χ1n) is 8.85. The van der Waals surface area contributed by atoms with Gasteiger partial charge in [-0.1, -0.05) is 23.2 Å². The van der Waals surface area contributed by atoms with E-state index in [-0.39, 0.29) is 39.2 Å². The van der Waals surface area contributed by atoms with Crippen LogP contribution in [0, 0.1) is 10.1 Å². The monoisotopic (exact) mass is 452 g/mol. The standard InChI is InChI=1S/C19H18Cl2N4O5/c1-4-24-14-8-15(25(28)29)13(7-10(14)19(2,3)30-18(24)27)23-17(26)9-5-11(20)16(22)12(21)6-9/h5-8H,4,22H2,1-3H3,(H,23,26). The molecule has 0 saturated heterocycles. The Morgan fingerprint density at radius 2 is 1.87 bits per heavy atom. The van der Waals surface area contributed by atoms with E-state index in [0.717, 1.165) is 0 Å². The quantitative estimate of drug-likeness (QED) is 0.383. The maximum atomic E-state index is 12.7. The van der Waals surface area contributed by atoms with Crippen molar-refractivity contribution in [3.8, 4) is 0 Å². The fourth-order valence-electron chi connectivity index (χ4n) is 3.17. The number of cyclic esters (lactones) is 1. The van der Waals surface area contributed by atoms with Gasteiger partial charge in [-0.25, -0.2) is 4.79 Å². The number of hydrogen-bond donors (Lipinski definition) is 2. The summed E-state index contributed by atoms with van der Waals surface area (Å²) in [6, 6.07) is 5.31. The molecule has 0 atom stereocenters. The van der Waals surface area contributed by atoms with E-state index in [2.05, 4.69) is 5.32 Å². The Kier molecular flexibility index (Phi) is 5.53. The molecule has 0 fully saturated rings. The molecule has 11 heteroatoms. The predicted octanol–water partition coefficient (Wildman–Crippen LogP) is 4.95. The van der Waals surface area contributed by atoms with Crippen molar-refractivity contribution < 1.29 is 19.2 Å². The van der Waals surface area contributed by atoms with Crippen molar-refractivity contribution in [1.29, 1.82) is 0 Å². The number of nitrogens with one attached hydrogen (secondary N) is 1. The first-order chi connectivity index (χ1) is 14.0. The molecule has 9 nitrogen and oxygen atoms in total. The summed E-state index contributed by atoms with van der Waals surface area (Å²) < 4.78 is 5.45. The van der Waals surface area contributed by atoms with E-state index in [1.54, 1.807) is 20.8 Å². The molecule has 0 saturated carbocycles. The molecule has 0 unspecified atom stereocenters. The number of nitro groups is 1. The Hall–Kier alpha value is -3.04. The van der Waals surface area contributed by atoms with Crippen LogP contribution < -0.4 is 16.0 Å². The highest BCUT2D eigenvalue weighted by molar-refractivity contribution is 6.39. The first-order valence-corrected chi connectivity index (χ1v) is 9.61. The zero-order valence-corrected chi connectivity index (χ0v) is 17.8. The van der Waals surface area contributed by atoms with Crippen molar-refractivity contribution in [3.05, 3.63) is 55.6 Å². The van der Waals surface area contributed by atoms with Crippen molar-refractivity contribution in [2.75, 3.05) is 22.5 Å². The molecule has 0 radical (unpaired) electrons.